The molecule has 0 aliphatic rings. The fourth-order valence-corrected chi connectivity index (χ4v) is 2.84. The summed E-state index contributed by atoms with van der Waals surface area (Å²) >= 11 is 0. The minimum Gasteiger partial charge on any atom is -0.497 e. The first-order valence-corrected chi connectivity index (χ1v) is 9.86. The fraction of sp³-hybridized carbons (Fsp3) is 0.278. The summed E-state index contributed by atoms with van der Waals surface area (Å²) in [5.41, 5.74) is 1.31. The maximum Gasteiger partial charge on any atom is 0.469 e. The summed E-state index contributed by atoms with van der Waals surface area (Å²) in [5.74, 6) is 1.00. The Labute approximate surface area is 162 Å². The van der Waals surface area contributed by atoms with Crippen molar-refractivity contribution in [2.24, 2.45) is 0 Å². The lowest BCUT2D eigenvalue weighted by atomic mass is 10.1. The predicted molar refractivity (Wildman–Crippen MR) is 104 cm³/mol. The zero-order chi connectivity index (χ0) is 20.6. The van der Waals surface area contributed by atoms with Crippen LogP contribution in [0.2, 0.25) is 0 Å². The number of rotatable bonds is 9. The number of carbonyl (C=O) groups excluding carboxylic acids is 1. The summed E-state index contributed by atoms with van der Waals surface area (Å²) in [6, 6.07) is 12.9. The van der Waals surface area contributed by atoms with Crippen LogP contribution < -0.4 is 20.1 Å². The number of carbonyl (C=O) groups is 1. The van der Waals surface area contributed by atoms with Crippen LogP contribution in [0.1, 0.15) is 5.56 Å². The lowest BCUT2D eigenvalue weighted by Gasteiger charge is -2.20. The molecule has 2 aromatic carbocycles. The number of hydrogen-bond donors (Lipinski definition) is 4. The summed E-state index contributed by atoms with van der Waals surface area (Å²) in [6.45, 7) is -0.353. The first-order chi connectivity index (χ1) is 13.3. The second-order valence-corrected chi connectivity index (χ2v) is 7.11. The number of anilines is 1. The van der Waals surface area contributed by atoms with Crippen LogP contribution >= 0.6 is 7.82 Å². The number of ether oxygens (including phenoxy) is 2. The van der Waals surface area contributed by atoms with Crippen molar-refractivity contribution < 1.29 is 33.1 Å². The normalized spacial score (nSPS) is 12.1. The van der Waals surface area contributed by atoms with Gasteiger partial charge in [0.2, 0.25) is 0 Å². The largest absolute Gasteiger partial charge is 0.497 e. The molecule has 4 N–H and O–H groups in total. The first kappa shape index (κ1) is 21.7. The van der Waals surface area contributed by atoms with Gasteiger partial charge in [-0.15, -0.1) is 0 Å². The molecule has 0 radical (unpaired) electrons. The van der Waals surface area contributed by atoms with E-state index in [0.717, 1.165) is 5.56 Å². The number of phosphoric acid groups is 1. The highest BCUT2D eigenvalue weighted by molar-refractivity contribution is 7.46. The number of urea groups is 1. The molecular formula is C18H23N2O7P. The molecule has 0 aliphatic heterocycles. The lowest BCUT2D eigenvalue weighted by molar-refractivity contribution is 0.176. The van der Waals surface area contributed by atoms with Crippen LogP contribution in [-0.2, 0) is 15.5 Å². The summed E-state index contributed by atoms with van der Waals surface area (Å²) in [6.07, 6.45) is 0.329. The first-order valence-electron chi connectivity index (χ1n) is 8.33. The standard InChI is InChI=1S/C18H23N2O7P/c1-25-16-9-14(10-17(11-16)26-2)19-18(21)20-15(12-27-28(22,23)24)8-13-6-4-3-5-7-13/h3-7,9-11,15H,8,12H2,1-2H3,(H2,19,20,21)(H2,22,23,24). The molecule has 0 heterocycles. The van der Waals surface area contributed by atoms with Gasteiger partial charge < -0.3 is 29.9 Å². The molecule has 0 saturated heterocycles. The molecule has 0 bridgehead atoms. The summed E-state index contributed by atoms with van der Waals surface area (Å²) in [4.78, 5) is 30.3. The van der Waals surface area contributed by atoms with Crippen LogP contribution in [0, 0.1) is 0 Å². The average Bonchev–Trinajstić information content (AvgIpc) is 2.66. The highest BCUT2D eigenvalue weighted by Crippen LogP contribution is 2.35. The molecular weight excluding hydrogens is 387 g/mol. The number of methoxy groups -OCH3 is 2. The van der Waals surface area contributed by atoms with E-state index in [1.807, 2.05) is 30.3 Å². The van der Waals surface area contributed by atoms with E-state index in [1.54, 1.807) is 18.2 Å². The van der Waals surface area contributed by atoms with Crippen LogP contribution in [-0.4, -0.2) is 42.7 Å². The third-order valence-electron chi connectivity index (χ3n) is 3.71. The van der Waals surface area contributed by atoms with Gasteiger partial charge in [0, 0.05) is 23.9 Å². The Kier molecular flexibility index (Phi) is 7.83. The Morgan fingerprint density at radius 1 is 1.07 bits per heavy atom. The van der Waals surface area contributed by atoms with E-state index < -0.39 is 19.9 Å². The second-order valence-electron chi connectivity index (χ2n) is 5.87. The van der Waals surface area contributed by atoms with Gasteiger partial charge in [-0.05, 0) is 12.0 Å². The van der Waals surface area contributed by atoms with Gasteiger partial charge >= 0.3 is 13.9 Å². The molecule has 2 aromatic rings. The van der Waals surface area contributed by atoms with Crippen molar-refractivity contribution in [2.45, 2.75) is 12.5 Å². The molecule has 0 saturated carbocycles. The third-order valence-corrected chi connectivity index (χ3v) is 4.20. The zero-order valence-electron chi connectivity index (χ0n) is 15.5. The minimum atomic E-state index is -4.66. The van der Waals surface area contributed by atoms with Gasteiger partial charge in [0.05, 0.1) is 26.9 Å². The van der Waals surface area contributed by atoms with Crippen molar-refractivity contribution in [3.05, 3.63) is 54.1 Å². The molecule has 152 valence electrons. The highest BCUT2D eigenvalue weighted by Gasteiger charge is 2.20. The minimum absolute atomic E-state index is 0.329. The van der Waals surface area contributed by atoms with Gasteiger partial charge in [-0.1, -0.05) is 30.3 Å². The molecule has 9 nitrogen and oxygen atoms in total. The zero-order valence-corrected chi connectivity index (χ0v) is 16.4. The molecule has 0 fully saturated rings. The molecule has 0 aliphatic carbocycles. The van der Waals surface area contributed by atoms with Gasteiger partial charge in [0.25, 0.3) is 0 Å². The summed E-state index contributed by atoms with van der Waals surface area (Å²) < 4.78 is 25.9. The van der Waals surface area contributed by atoms with Gasteiger partial charge in [-0.2, -0.15) is 0 Å². The van der Waals surface area contributed by atoms with E-state index in [2.05, 4.69) is 15.2 Å². The monoisotopic (exact) mass is 410 g/mol. The summed E-state index contributed by atoms with van der Waals surface area (Å²) in [5, 5.41) is 5.31. The molecule has 2 rings (SSSR count). The summed E-state index contributed by atoms with van der Waals surface area (Å²) in [7, 11) is -1.67. The molecule has 28 heavy (non-hydrogen) atoms. The van der Waals surface area contributed by atoms with Gasteiger partial charge in [0.1, 0.15) is 11.5 Å². The molecule has 0 spiro atoms. The van der Waals surface area contributed by atoms with Crippen molar-refractivity contribution in [1.82, 2.24) is 5.32 Å². The third kappa shape index (κ3) is 7.58. The number of benzene rings is 2. The Bertz CT molecular complexity index is 804. The number of amides is 2. The SMILES string of the molecule is COc1cc(NC(=O)NC(COP(=O)(O)O)Cc2ccccc2)cc(OC)c1. The quantitative estimate of drug-likeness (QED) is 0.468. The van der Waals surface area contributed by atoms with Gasteiger partial charge in [-0.3, -0.25) is 4.52 Å². The number of nitrogens with one attached hydrogen (secondary N) is 2. The number of phosphoric ester groups is 1. The van der Waals surface area contributed by atoms with Gasteiger partial charge in [-0.25, -0.2) is 9.36 Å². The number of hydrogen-bond acceptors (Lipinski definition) is 5. The van der Waals surface area contributed by atoms with Gasteiger partial charge in [0.15, 0.2) is 0 Å². The van der Waals surface area contributed by atoms with E-state index >= 15 is 0 Å². The smallest absolute Gasteiger partial charge is 0.469 e. The molecule has 1 atom stereocenters. The molecule has 10 heteroatoms. The molecule has 0 aromatic heterocycles. The van der Waals surface area contributed by atoms with Crippen molar-refractivity contribution >= 4 is 19.5 Å². The van der Waals surface area contributed by atoms with Crippen molar-refractivity contribution in [2.75, 3.05) is 26.1 Å². The van der Waals surface area contributed by atoms with Crippen LogP contribution in [0.15, 0.2) is 48.5 Å². The van der Waals surface area contributed by atoms with Crippen LogP contribution in [0.3, 0.4) is 0 Å². The lowest BCUT2D eigenvalue weighted by Crippen LogP contribution is -2.42. The van der Waals surface area contributed by atoms with E-state index in [4.69, 9.17) is 19.3 Å². The van der Waals surface area contributed by atoms with Crippen molar-refractivity contribution in [3.8, 4) is 11.5 Å². The van der Waals surface area contributed by atoms with Crippen LogP contribution in [0.25, 0.3) is 0 Å². The average molecular weight is 410 g/mol. The molecule has 1 unspecified atom stereocenters. The second kappa shape index (κ2) is 10.1. The topological polar surface area (TPSA) is 126 Å². The Hall–Kier alpha value is -2.58. The Morgan fingerprint density at radius 2 is 1.68 bits per heavy atom. The Morgan fingerprint density at radius 3 is 2.21 bits per heavy atom. The fourth-order valence-electron chi connectivity index (χ4n) is 2.47. The van der Waals surface area contributed by atoms with E-state index in [1.165, 1.54) is 14.2 Å². The maximum absolute atomic E-state index is 12.4. The van der Waals surface area contributed by atoms with E-state index in [9.17, 15) is 9.36 Å². The highest BCUT2D eigenvalue weighted by atomic mass is 31.2. The van der Waals surface area contributed by atoms with E-state index in [-0.39, 0.29) is 6.61 Å². The predicted octanol–water partition coefficient (Wildman–Crippen LogP) is 2.55. The maximum atomic E-state index is 12.4. The van der Waals surface area contributed by atoms with Crippen molar-refractivity contribution in [3.63, 3.8) is 0 Å². The molecule has 2 amide bonds. The van der Waals surface area contributed by atoms with E-state index in [0.29, 0.717) is 23.6 Å². The van der Waals surface area contributed by atoms with Crippen LogP contribution in [0.5, 0.6) is 11.5 Å². The van der Waals surface area contributed by atoms with Crippen molar-refractivity contribution in [1.29, 1.82) is 0 Å². The van der Waals surface area contributed by atoms with Crippen LogP contribution in [0.4, 0.5) is 10.5 Å². The Balaban J connectivity index is 2.07.